The molecule has 0 amide bonds. The fourth-order valence-corrected chi connectivity index (χ4v) is 1.16. The monoisotopic (exact) mass is 189 g/mol. The third-order valence-electron chi connectivity index (χ3n) is 2.02. The zero-order chi connectivity index (χ0) is 10.6. The van der Waals surface area contributed by atoms with Crippen LogP contribution in [0.25, 0.3) is 5.57 Å². The van der Waals surface area contributed by atoms with E-state index in [4.69, 9.17) is 0 Å². The van der Waals surface area contributed by atoms with Gasteiger partial charge in [-0.25, -0.2) is 0 Å². The first-order valence-corrected chi connectivity index (χ1v) is 4.51. The Hall–Kier alpha value is -1.64. The van der Waals surface area contributed by atoms with Crippen LogP contribution in [0.3, 0.4) is 0 Å². The summed E-state index contributed by atoms with van der Waals surface area (Å²) in [6.07, 6.45) is 7.64. The van der Waals surface area contributed by atoms with Crippen molar-refractivity contribution in [3.05, 3.63) is 42.3 Å². The van der Waals surface area contributed by atoms with E-state index in [9.17, 15) is 0 Å². The maximum atomic E-state index is 4.06. The van der Waals surface area contributed by atoms with E-state index >= 15 is 0 Å². The number of nitrogens with zero attached hydrogens (tertiary/aromatic N) is 3. The molecule has 0 aliphatic carbocycles. The predicted octanol–water partition coefficient (Wildman–Crippen LogP) is 2.35. The molecule has 74 valence electrons. The van der Waals surface area contributed by atoms with Crippen molar-refractivity contribution in [3.8, 4) is 0 Å². The first-order valence-electron chi connectivity index (χ1n) is 4.51. The van der Waals surface area contributed by atoms with Crippen LogP contribution in [0.5, 0.6) is 0 Å². The lowest BCUT2D eigenvalue weighted by molar-refractivity contribution is 0.714. The highest BCUT2D eigenvalue weighted by atomic mass is 15.4. The molecule has 14 heavy (non-hydrogen) atoms. The van der Waals surface area contributed by atoms with Crippen LogP contribution in [0.1, 0.15) is 19.5 Å². The van der Waals surface area contributed by atoms with Gasteiger partial charge in [0.2, 0.25) is 0 Å². The van der Waals surface area contributed by atoms with Crippen molar-refractivity contribution in [1.29, 1.82) is 0 Å². The molecule has 1 heterocycles. The third kappa shape index (κ3) is 2.19. The van der Waals surface area contributed by atoms with Gasteiger partial charge >= 0.3 is 0 Å². The van der Waals surface area contributed by atoms with E-state index in [2.05, 4.69) is 16.9 Å². The highest BCUT2D eigenvalue weighted by molar-refractivity contribution is 5.76. The largest absolute Gasteiger partial charge is 0.255 e. The molecule has 1 aromatic heterocycles. The molecule has 0 unspecified atom stereocenters. The standard InChI is InChI=1S/C11H15N3/c1-5-7-10(9(3)6-2)11-8-14(4)13-12-11/h5-8H,1H2,2-4H3/b9-6-,10-7+. The average molecular weight is 189 g/mol. The van der Waals surface area contributed by atoms with Gasteiger partial charge < -0.3 is 0 Å². The second-order valence-corrected chi connectivity index (χ2v) is 3.07. The quantitative estimate of drug-likeness (QED) is 0.683. The zero-order valence-electron chi connectivity index (χ0n) is 8.86. The third-order valence-corrected chi connectivity index (χ3v) is 2.02. The Labute approximate surface area is 84.4 Å². The van der Waals surface area contributed by atoms with Crippen LogP contribution >= 0.6 is 0 Å². The Morgan fingerprint density at radius 3 is 2.71 bits per heavy atom. The summed E-state index contributed by atoms with van der Waals surface area (Å²) in [5, 5.41) is 7.96. The van der Waals surface area contributed by atoms with Crippen LogP contribution in [0.2, 0.25) is 0 Å². The summed E-state index contributed by atoms with van der Waals surface area (Å²) in [4.78, 5) is 0. The van der Waals surface area contributed by atoms with Gasteiger partial charge in [-0.1, -0.05) is 30.0 Å². The molecule has 0 fully saturated rings. The summed E-state index contributed by atoms with van der Waals surface area (Å²) in [7, 11) is 1.85. The van der Waals surface area contributed by atoms with Gasteiger partial charge in [0, 0.05) is 12.6 Å². The minimum absolute atomic E-state index is 0.878. The van der Waals surface area contributed by atoms with Crippen LogP contribution in [-0.2, 0) is 7.05 Å². The molecule has 0 aromatic carbocycles. The first-order chi connectivity index (χ1) is 6.69. The Kier molecular flexibility index (Phi) is 3.40. The van der Waals surface area contributed by atoms with Gasteiger partial charge in [-0.05, 0) is 19.4 Å². The van der Waals surface area contributed by atoms with Gasteiger partial charge in [-0.2, -0.15) is 0 Å². The van der Waals surface area contributed by atoms with Crippen molar-refractivity contribution in [2.75, 3.05) is 0 Å². The van der Waals surface area contributed by atoms with Crippen molar-refractivity contribution in [2.24, 2.45) is 7.05 Å². The maximum Gasteiger partial charge on any atom is 0.113 e. The molecular weight excluding hydrogens is 174 g/mol. The zero-order valence-corrected chi connectivity index (χ0v) is 8.86. The van der Waals surface area contributed by atoms with Gasteiger partial charge in [-0.15, -0.1) is 5.10 Å². The fraction of sp³-hybridized carbons (Fsp3) is 0.273. The molecule has 0 N–H and O–H groups in total. The van der Waals surface area contributed by atoms with E-state index in [1.807, 2.05) is 39.2 Å². The van der Waals surface area contributed by atoms with Crippen LogP contribution in [0.4, 0.5) is 0 Å². The van der Waals surface area contributed by atoms with Crippen molar-refractivity contribution in [2.45, 2.75) is 13.8 Å². The lowest BCUT2D eigenvalue weighted by Crippen LogP contribution is -1.86. The first kappa shape index (κ1) is 10.4. The number of aryl methyl sites for hydroxylation is 1. The summed E-state index contributed by atoms with van der Waals surface area (Å²) in [5.41, 5.74) is 3.11. The van der Waals surface area contributed by atoms with Crippen LogP contribution < -0.4 is 0 Å². The molecule has 3 nitrogen and oxygen atoms in total. The topological polar surface area (TPSA) is 30.7 Å². The van der Waals surface area contributed by atoms with Crippen molar-refractivity contribution in [3.63, 3.8) is 0 Å². The minimum atomic E-state index is 0.878. The molecule has 0 bridgehead atoms. The summed E-state index contributed by atoms with van der Waals surface area (Å²) in [6.45, 7) is 7.74. The SMILES string of the molecule is C=C/C=C(\C(C)=C/C)c1cn(C)nn1. The predicted molar refractivity (Wildman–Crippen MR) is 58.6 cm³/mol. The van der Waals surface area contributed by atoms with E-state index in [0.717, 1.165) is 11.3 Å². The fourth-order valence-electron chi connectivity index (χ4n) is 1.16. The van der Waals surface area contributed by atoms with Crippen LogP contribution in [-0.4, -0.2) is 15.0 Å². The number of hydrogen-bond donors (Lipinski definition) is 0. The highest BCUT2D eigenvalue weighted by Gasteiger charge is 2.05. The number of aromatic nitrogens is 3. The summed E-state index contributed by atoms with van der Waals surface area (Å²) in [6, 6.07) is 0. The van der Waals surface area contributed by atoms with E-state index in [-0.39, 0.29) is 0 Å². The smallest absolute Gasteiger partial charge is 0.113 e. The molecule has 0 atom stereocenters. The molecule has 0 spiro atoms. The Morgan fingerprint density at radius 1 is 1.57 bits per heavy atom. The molecule has 1 rings (SSSR count). The Morgan fingerprint density at radius 2 is 2.29 bits per heavy atom. The van der Waals surface area contributed by atoms with E-state index in [1.165, 1.54) is 5.57 Å². The summed E-state index contributed by atoms with van der Waals surface area (Å²) < 4.78 is 1.69. The number of rotatable bonds is 3. The summed E-state index contributed by atoms with van der Waals surface area (Å²) in [5.74, 6) is 0. The Balaban J connectivity index is 3.13. The second-order valence-electron chi connectivity index (χ2n) is 3.07. The van der Waals surface area contributed by atoms with Gasteiger partial charge in [0.25, 0.3) is 0 Å². The Bertz CT molecular complexity index is 383. The number of allylic oxidation sites excluding steroid dienone is 5. The van der Waals surface area contributed by atoms with Crippen molar-refractivity contribution in [1.82, 2.24) is 15.0 Å². The van der Waals surface area contributed by atoms with Crippen molar-refractivity contribution >= 4 is 5.57 Å². The molecule has 0 saturated carbocycles. The lowest BCUT2D eigenvalue weighted by atomic mass is 10.0. The van der Waals surface area contributed by atoms with Gasteiger partial charge in [0.15, 0.2) is 0 Å². The maximum absolute atomic E-state index is 4.06. The lowest BCUT2D eigenvalue weighted by Gasteiger charge is -2.01. The number of hydrogen-bond acceptors (Lipinski definition) is 2. The molecule has 0 aliphatic rings. The van der Waals surface area contributed by atoms with Crippen molar-refractivity contribution < 1.29 is 0 Å². The van der Waals surface area contributed by atoms with E-state index in [0.29, 0.717) is 0 Å². The van der Waals surface area contributed by atoms with Gasteiger partial charge in [0.05, 0.1) is 6.20 Å². The molecule has 1 aromatic rings. The van der Waals surface area contributed by atoms with Gasteiger partial charge in [-0.3, -0.25) is 4.68 Å². The molecular formula is C11H15N3. The minimum Gasteiger partial charge on any atom is -0.255 e. The molecule has 0 aliphatic heterocycles. The van der Waals surface area contributed by atoms with Crippen LogP contribution in [0.15, 0.2) is 36.6 Å². The average Bonchev–Trinajstić information content (AvgIpc) is 2.60. The second kappa shape index (κ2) is 4.56. The van der Waals surface area contributed by atoms with E-state index < -0.39 is 0 Å². The van der Waals surface area contributed by atoms with Crippen LogP contribution in [0, 0.1) is 0 Å². The molecule has 0 radical (unpaired) electrons. The van der Waals surface area contributed by atoms with Gasteiger partial charge in [0.1, 0.15) is 5.69 Å². The highest BCUT2D eigenvalue weighted by Crippen LogP contribution is 2.20. The molecule has 3 heteroatoms. The molecule has 0 saturated heterocycles. The summed E-state index contributed by atoms with van der Waals surface area (Å²) >= 11 is 0. The normalized spacial score (nSPS) is 13.1. The van der Waals surface area contributed by atoms with E-state index in [1.54, 1.807) is 10.8 Å².